The van der Waals surface area contributed by atoms with E-state index in [0.29, 0.717) is 58.8 Å². The largest absolute Gasteiger partial charge is 0.320 e. The minimum Gasteiger partial charge on any atom is -0.320 e. The Hall–Kier alpha value is -4.40. The van der Waals surface area contributed by atoms with Crippen LogP contribution >= 0.6 is 0 Å². The third-order valence-corrected chi connectivity index (χ3v) is 8.72. The van der Waals surface area contributed by atoms with E-state index >= 15 is 0 Å². The number of imide groups is 2. The van der Waals surface area contributed by atoms with Gasteiger partial charge in [-0.15, -0.1) is 0 Å². The number of carbonyl (C=O) groups excluding carboxylic acids is 4. The van der Waals surface area contributed by atoms with Crippen LogP contribution in [-0.4, -0.2) is 72.7 Å². The third-order valence-electron chi connectivity index (χ3n) is 8.72. The van der Waals surface area contributed by atoms with Gasteiger partial charge in [0.1, 0.15) is 0 Å². The van der Waals surface area contributed by atoms with Crippen LogP contribution in [0.4, 0.5) is 0 Å². The van der Waals surface area contributed by atoms with Crippen LogP contribution in [0, 0.1) is 0 Å². The van der Waals surface area contributed by atoms with E-state index in [9.17, 15) is 19.2 Å². The third kappa shape index (κ3) is 4.40. The van der Waals surface area contributed by atoms with Gasteiger partial charge in [-0.05, 0) is 74.9 Å². The molecule has 208 valence electrons. The second kappa shape index (κ2) is 10.5. The molecule has 8 nitrogen and oxygen atoms in total. The summed E-state index contributed by atoms with van der Waals surface area (Å²) in [7, 11) is 3.71. The number of rotatable bonds is 10. The van der Waals surface area contributed by atoms with Gasteiger partial charge in [0.15, 0.2) is 0 Å². The summed E-state index contributed by atoms with van der Waals surface area (Å²) in [5.74, 6) is -1.21. The molecule has 0 bridgehead atoms. The lowest BCUT2D eigenvalue weighted by molar-refractivity contribution is 0.0580. The van der Waals surface area contributed by atoms with Gasteiger partial charge in [0.25, 0.3) is 23.6 Å². The van der Waals surface area contributed by atoms with Crippen molar-refractivity contribution >= 4 is 45.2 Å². The quantitative estimate of drug-likeness (QED) is 0.288. The van der Waals surface area contributed by atoms with E-state index in [4.69, 9.17) is 0 Å². The molecule has 2 heterocycles. The molecule has 0 atom stereocenters. The fourth-order valence-corrected chi connectivity index (χ4v) is 6.33. The Bertz CT molecular complexity index is 1510. The molecular formula is C33H32N4O4. The summed E-state index contributed by atoms with van der Waals surface area (Å²) in [6.45, 7) is 1.09. The van der Waals surface area contributed by atoms with E-state index in [1.165, 1.54) is 9.80 Å². The van der Waals surface area contributed by atoms with Gasteiger partial charge in [0.2, 0.25) is 0 Å². The summed E-state index contributed by atoms with van der Waals surface area (Å²) in [6, 6.07) is 22.1. The van der Waals surface area contributed by atoms with Crippen LogP contribution in [0.15, 0.2) is 72.8 Å². The van der Waals surface area contributed by atoms with Crippen LogP contribution < -0.4 is 10.6 Å². The maximum Gasteiger partial charge on any atom is 0.261 e. The lowest BCUT2D eigenvalue weighted by atomic mass is 9.85. The zero-order chi connectivity index (χ0) is 28.7. The molecule has 0 radical (unpaired) electrons. The molecule has 0 fully saturated rings. The minimum atomic E-state index is -0.546. The first kappa shape index (κ1) is 26.8. The highest BCUT2D eigenvalue weighted by Gasteiger charge is 2.38. The molecule has 2 N–H and O–H groups in total. The molecule has 2 aliphatic rings. The fraction of sp³-hybridized carbons (Fsp3) is 0.273. The first-order valence-corrected chi connectivity index (χ1v) is 14.0. The van der Waals surface area contributed by atoms with Gasteiger partial charge in [-0.2, -0.15) is 0 Å². The zero-order valence-electron chi connectivity index (χ0n) is 23.2. The molecule has 0 spiro atoms. The molecule has 0 unspecified atom stereocenters. The van der Waals surface area contributed by atoms with Crippen LogP contribution in [0.1, 0.15) is 60.7 Å². The molecule has 2 aliphatic heterocycles. The monoisotopic (exact) mass is 548 g/mol. The molecule has 0 saturated carbocycles. The molecule has 6 rings (SSSR count). The number of amides is 4. The Labute approximate surface area is 238 Å². The summed E-state index contributed by atoms with van der Waals surface area (Å²) in [5, 5.41) is 9.76. The van der Waals surface area contributed by atoms with Crippen LogP contribution in [0.25, 0.3) is 21.5 Å². The van der Waals surface area contributed by atoms with Crippen molar-refractivity contribution < 1.29 is 19.2 Å². The maximum atomic E-state index is 13.5. The van der Waals surface area contributed by atoms with Gasteiger partial charge < -0.3 is 10.6 Å². The van der Waals surface area contributed by atoms with E-state index in [-0.39, 0.29) is 36.7 Å². The Morgan fingerprint density at radius 2 is 0.927 bits per heavy atom. The minimum absolute atomic E-state index is 0.205. The normalized spacial score (nSPS) is 15.0. The van der Waals surface area contributed by atoms with E-state index in [0.717, 1.165) is 10.8 Å². The van der Waals surface area contributed by atoms with Crippen LogP contribution in [0.2, 0.25) is 0 Å². The Morgan fingerprint density at radius 1 is 0.561 bits per heavy atom. The first-order chi connectivity index (χ1) is 19.9. The summed E-state index contributed by atoms with van der Waals surface area (Å²) in [6.07, 6.45) is 1.59. The van der Waals surface area contributed by atoms with Crippen LogP contribution in [-0.2, 0) is 0 Å². The second-order valence-corrected chi connectivity index (χ2v) is 10.8. The van der Waals surface area contributed by atoms with Crippen LogP contribution in [0.5, 0.6) is 0 Å². The SMILES string of the molecule is CNCCC(CCN1C(=O)c2cccc3cccc(c23)C1=O)(CCN1C(=O)c2cccc3cccc(c23)C1=O)NC. The van der Waals surface area contributed by atoms with Crippen molar-refractivity contribution in [1.29, 1.82) is 0 Å². The summed E-state index contributed by atoms with van der Waals surface area (Å²) in [5.41, 5.74) is 1.57. The predicted octanol–water partition coefficient (Wildman–Crippen LogP) is 4.23. The van der Waals surface area contributed by atoms with Gasteiger partial charge in [-0.1, -0.05) is 48.5 Å². The average Bonchev–Trinajstić information content (AvgIpc) is 3.00. The molecule has 4 aromatic rings. The molecule has 8 heteroatoms. The van der Waals surface area contributed by atoms with Crippen molar-refractivity contribution in [2.24, 2.45) is 0 Å². The number of hydrogen-bond acceptors (Lipinski definition) is 6. The van der Waals surface area contributed by atoms with Gasteiger partial charge in [-0.25, -0.2) is 0 Å². The van der Waals surface area contributed by atoms with E-state index in [2.05, 4.69) is 10.6 Å². The van der Waals surface area contributed by atoms with E-state index < -0.39 is 5.54 Å². The number of hydrogen-bond donors (Lipinski definition) is 2. The van der Waals surface area contributed by atoms with Crippen molar-refractivity contribution in [1.82, 2.24) is 20.4 Å². The van der Waals surface area contributed by atoms with Crippen molar-refractivity contribution in [3.05, 3.63) is 95.1 Å². The molecule has 4 amide bonds. The highest BCUT2D eigenvalue weighted by molar-refractivity contribution is 6.26. The Kier molecular flexibility index (Phi) is 6.89. The van der Waals surface area contributed by atoms with Gasteiger partial charge in [0.05, 0.1) is 0 Å². The predicted molar refractivity (Wildman–Crippen MR) is 158 cm³/mol. The van der Waals surface area contributed by atoms with Crippen molar-refractivity contribution in [2.75, 3.05) is 33.7 Å². The van der Waals surface area contributed by atoms with Gasteiger partial charge in [-0.3, -0.25) is 29.0 Å². The molecule has 4 aromatic carbocycles. The Balaban J connectivity index is 1.25. The van der Waals surface area contributed by atoms with Gasteiger partial charge in [0, 0.05) is 51.7 Å². The first-order valence-electron chi connectivity index (χ1n) is 14.0. The highest BCUT2D eigenvalue weighted by Crippen LogP contribution is 2.33. The van der Waals surface area contributed by atoms with Crippen molar-refractivity contribution in [3.63, 3.8) is 0 Å². The average molecular weight is 549 g/mol. The fourth-order valence-electron chi connectivity index (χ4n) is 6.33. The molecule has 0 aromatic heterocycles. The summed E-state index contributed by atoms with van der Waals surface area (Å²) in [4.78, 5) is 56.7. The highest BCUT2D eigenvalue weighted by atomic mass is 16.2. The summed E-state index contributed by atoms with van der Waals surface area (Å²) >= 11 is 0. The smallest absolute Gasteiger partial charge is 0.261 e. The maximum absolute atomic E-state index is 13.5. The molecule has 0 aliphatic carbocycles. The Morgan fingerprint density at radius 3 is 1.24 bits per heavy atom. The van der Waals surface area contributed by atoms with Crippen LogP contribution in [0.3, 0.4) is 0 Å². The van der Waals surface area contributed by atoms with Crippen molar-refractivity contribution in [2.45, 2.75) is 24.8 Å². The number of carbonyl (C=O) groups is 4. The standard InChI is InChI=1S/C33H32N4O4/c1-34-18-15-33(35-2,16-19-36-29(38)23-11-3-7-21-8-4-12-24(27(21)23)30(36)39)17-20-37-31(40)25-13-5-9-22-10-6-14-26(28(22)25)32(37)41/h3-14,34-35H,15-20H2,1-2H3. The number of nitrogens with zero attached hydrogens (tertiary/aromatic N) is 2. The van der Waals surface area contributed by atoms with E-state index in [1.807, 2.05) is 62.6 Å². The second-order valence-electron chi connectivity index (χ2n) is 10.8. The number of benzene rings is 4. The number of nitrogens with one attached hydrogen (secondary N) is 2. The molecular weight excluding hydrogens is 516 g/mol. The van der Waals surface area contributed by atoms with E-state index in [1.54, 1.807) is 24.3 Å². The zero-order valence-corrected chi connectivity index (χ0v) is 23.2. The van der Waals surface area contributed by atoms with Crippen molar-refractivity contribution in [3.8, 4) is 0 Å². The topological polar surface area (TPSA) is 98.8 Å². The van der Waals surface area contributed by atoms with Gasteiger partial charge >= 0.3 is 0 Å². The summed E-state index contributed by atoms with van der Waals surface area (Å²) < 4.78 is 0. The molecule has 41 heavy (non-hydrogen) atoms. The molecule has 0 saturated heterocycles. The lowest BCUT2D eigenvalue weighted by Gasteiger charge is -2.38. The lowest BCUT2D eigenvalue weighted by Crippen LogP contribution is -2.52.